The zero-order valence-corrected chi connectivity index (χ0v) is 22.1. The molecule has 0 spiro atoms. The second-order valence-corrected chi connectivity index (χ2v) is 9.33. The summed E-state index contributed by atoms with van der Waals surface area (Å²) in [6.45, 7) is 2.92. The first kappa shape index (κ1) is 26.2. The van der Waals surface area contributed by atoms with Crippen LogP contribution in [0.25, 0.3) is 17.1 Å². The fourth-order valence-corrected chi connectivity index (χ4v) is 4.87. The van der Waals surface area contributed by atoms with Crippen molar-refractivity contribution in [3.8, 4) is 17.1 Å². The third-order valence-corrected chi connectivity index (χ3v) is 6.80. The molecule has 0 amide bonds. The lowest BCUT2D eigenvalue weighted by molar-refractivity contribution is -0.688. The SMILES string of the molecule is Cc1n(-c2ccccc2)nc(-c2ccccc2)[n+]1CCS/C(=N/Nc1ccccc1)c1ccccc1.[Cl-]. The fourth-order valence-electron chi connectivity index (χ4n) is 3.99. The number of hydrogen-bond acceptors (Lipinski definition) is 4. The number of rotatable bonds is 8. The highest BCUT2D eigenvalue weighted by Gasteiger charge is 2.25. The molecule has 4 aromatic carbocycles. The summed E-state index contributed by atoms with van der Waals surface area (Å²) >= 11 is 1.74. The van der Waals surface area contributed by atoms with Gasteiger partial charge in [0.2, 0.25) is 5.82 Å². The van der Waals surface area contributed by atoms with Crippen LogP contribution in [-0.4, -0.2) is 20.6 Å². The molecule has 5 aromatic rings. The zero-order valence-electron chi connectivity index (χ0n) is 20.5. The van der Waals surface area contributed by atoms with E-state index < -0.39 is 0 Å². The van der Waals surface area contributed by atoms with Crippen molar-refractivity contribution in [2.75, 3.05) is 11.2 Å². The maximum absolute atomic E-state index is 5.01. The van der Waals surface area contributed by atoms with Crippen LogP contribution in [0.2, 0.25) is 0 Å². The van der Waals surface area contributed by atoms with E-state index >= 15 is 0 Å². The van der Waals surface area contributed by atoms with Gasteiger partial charge < -0.3 is 12.4 Å². The van der Waals surface area contributed by atoms with E-state index in [-0.39, 0.29) is 12.4 Å². The third-order valence-electron chi connectivity index (χ3n) is 5.82. The first-order valence-electron chi connectivity index (χ1n) is 12.0. The molecule has 0 saturated carbocycles. The number of anilines is 1. The summed E-state index contributed by atoms with van der Waals surface area (Å²) in [7, 11) is 0. The Balaban J connectivity index is 0.00000320. The number of nitrogens with zero attached hydrogens (tertiary/aromatic N) is 4. The lowest BCUT2D eigenvalue weighted by Crippen LogP contribution is -3.00. The number of nitrogens with one attached hydrogen (secondary N) is 1. The average molecular weight is 526 g/mol. The molecule has 0 aliphatic heterocycles. The Kier molecular flexibility index (Phi) is 9.13. The van der Waals surface area contributed by atoms with E-state index in [0.29, 0.717) is 0 Å². The molecular formula is C30H28ClN5S. The Morgan fingerprint density at radius 2 is 1.38 bits per heavy atom. The molecule has 5 nitrogen and oxygen atoms in total. The van der Waals surface area contributed by atoms with Crippen molar-refractivity contribution < 1.29 is 17.0 Å². The Labute approximate surface area is 228 Å². The average Bonchev–Trinajstić information content (AvgIpc) is 3.28. The smallest absolute Gasteiger partial charge is 0.309 e. The summed E-state index contributed by atoms with van der Waals surface area (Å²) in [5, 5.41) is 10.7. The molecule has 0 fully saturated rings. The largest absolute Gasteiger partial charge is 1.00 e. The molecule has 0 aliphatic carbocycles. The highest BCUT2D eigenvalue weighted by molar-refractivity contribution is 8.14. The molecule has 5 rings (SSSR count). The van der Waals surface area contributed by atoms with E-state index in [1.54, 1.807) is 11.8 Å². The molecule has 0 unspecified atom stereocenters. The normalized spacial score (nSPS) is 11.1. The van der Waals surface area contributed by atoms with E-state index in [9.17, 15) is 0 Å². The van der Waals surface area contributed by atoms with Crippen molar-refractivity contribution in [2.24, 2.45) is 5.10 Å². The van der Waals surface area contributed by atoms with E-state index in [1.165, 1.54) is 0 Å². The predicted octanol–water partition coefficient (Wildman–Crippen LogP) is 3.35. The van der Waals surface area contributed by atoms with Gasteiger partial charge in [0.15, 0.2) is 0 Å². The van der Waals surface area contributed by atoms with Crippen LogP contribution in [0.3, 0.4) is 0 Å². The second-order valence-electron chi connectivity index (χ2n) is 8.25. The topological polar surface area (TPSA) is 46.1 Å². The van der Waals surface area contributed by atoms with Gasteiger partial charge in [0.05, 0.1) is 22.9 Å². The Hall–Kier alpha value is -3.87. The molecule has 186 valence electrons. The molecule has 1 N–H and O–H groups in total. The van der Waals surface area contributed by atoms with Gasteiger partial charge in [-0.15, -0.1) is 11.8 Å². The van der Waals surface area contributed by atoms with E-state index in [2.05, 4.69) is 65.4 Å². The summed E-state index contributed by atoms with van der Waals surface area (Å²) in [6.07, 6.45) is 0. The zero-order chi connectivity index (χ0) is 24.6. The molecule has 0 atom stereocenters. The Bertz CT molecular complexity index is 1420. The first-order chi connectivity index (χ1) is 17.8. The lowest BCUT2D eigenvalue weighted by Gasteiger charge is -2.08. The highest BCUT2D eigenvalue weighted by atomic mass is 35.5. The lowest BCUT2D eigenvalue weighted by atomic mass is 10.2. The van der Waals surface area contributed by atoms with Crippen molar-refractivity contribution >= 4 is 22.5 Å². The van der Waals surface area contributed by atoms with Gasteiger partial charge in [-0.1, -0.05) is 89.6 Å². The standard InChI is InChI=1S/C30H28N5S.ClH/c1-24-34(29(25-14-6-2-7-15-25)33-35(24)28-20-12-5-13-21-28)22-23-36-30(26-16-8-3-9-17-26)32-31-27-18-10-4-11-19-27;/h2-21,31H,22-23H2,1H3;1H/q+1;/p-1/b32-30+;. The van der Waals surface area contributed by atoms with Crippen LogP contribution in [0, 0.1) is 6.92 Å². The summed E-state index contributed by atoms with van der Waals surface area (Å²) in [5.41, 5.74) is 7.42. The van der Waals surface area contributed by atoms with Crippen LogP contribution in [0.15, 0.2) is 126 Å². The monoisotopic (exact) mass is 525 g/mol. The van der Waals surface area contributed by atoms with Gasteiger partial charge in [-0.3, -0.25) is 5.43 Å². The summed E-state index contributed by atoms with van der Waals surface area (Å²) in [6, 6.07) is 41.0. The number of aromatic nitrogens is 3. The molecule has 0 bridgehead atoms. The highest BCUT2D eigenvalue weighted by Crippen LogP contribution is 2.19. The van der Waals surface area contributed by atoms with Crippen molar-refractivity contribution in [3.63, 3.8) is 0 Å². The minimum Gasteiger partial charge on any atom is -1.00 e. The molecule has 7 heteroatoms. The summed E-state index contributed by atoms with van der Waals surface area (Å²) in [5.74, 6) is 2.88. The third kappa shape index (κ3) is 6.47. The van der Waals surface area contributed by atoms with Crippen molar-refractivity contribution in [1.29, 1.82) is 0 Å². The number of thioether (sulfide) groups is 1. The van der Waals surface area contributed by atoms with Crippen molar-refractivity contribution in [1.82, 2.24) is 9.78 Å². The molecular weight excluding hydrogens is 498 g/mol. The van der Waals surface area contributed by atoms with Gasteiger partial charge >= 0.3 is 5.82 Å². The van der Waals surface area contributed by atoms with Gasteiger partial charge in [-0.25, -0.2) is 4.57 Å². The number of halogens is 1. The molecule has 1 heterocycles. The van der Waals surface area contributed by atoms with E-state index in [4.69, 9.17) is 10.2 Å². The number of benzene rings is 4. The number of hydrogen-bond donors (Lipinski definition) is 1. The molecule has 37 heavy (non-hydrogen) atoms. The van der Waals surface area contributed by atoms with Gasteiger partial charge in [0.25, 0.3) is 0 Å². The van der Waals surface area contributed by atoms with Crippen LogP contribution in [0.1, 0.15) is 11.4 Å². The van der Waals surface area contributed by atoms with Crippen LogP contribution in [0.4, 0.5) is 5.69 Å². The van der Waals surface area contributed by atoms with Gasteiger partial charge in [0.1, 0.15) is 10.7 Å². The maximum atomic E-state index is 5.01. The van der Waals surface area contributed by atoms with E-state index in [1.807, 2.05) is 77.5 Å². The second kappa shape index (κ2) is 12.9. The van der Waals surface area contributed by atoms with Gasteiger partial charge in [0, 0.05) is 18.2 Å². The van der Waals surface area contributed by atoms with Crippen molar-refractivity contribution in [2.45, 2.75) is 13.5 Å². The van der Waals surface area contributed by atoms with Gasteiger partial charge in [-0.05, 0) is 36.4 Å². The molecule has 1 aromatic heterocycles. The van der Waals surface area contributed by atoms with Crippen molar-refractivity contribution in [3.05, 3.63) is 133 Å². The number of hydrazone groups is 1. The summed E-state index contributed by atoms with van der Waals surface area (Å²) in [4.78, 5) is 0. The minimum atomic E-state index is 0. The minimum absolute atomic E-state index is 0. The molecule has 0 aliphatic rings. The molecule has 0 saturated heterocycles. The fraction of sp³-hybridized carbons (Fsp3) is 0.100. The summed E-state index contributed by atoms with van der Waals surface area (Å²) < 4.78 is 4.32. The molecule has 0 radical (unpaired) electrons. The van der Waals surface area contributed by atoms with E-state index in [0.717, 1.165) is 51.5 Å². The Morgan fingerprint density at radius 3 is 2.03 bits per heavy atom. The van der Waals surface area contributed by atoms with Crippen LogP contribution in [0.5, 0.6) is 0 Å². The Morgan fingerprint density at radius 1 is 0.811 bits per heavy atom. The van der Waals surface area contributed by atoms with Crippen LogP contribution >= 0.6 is 11.8 Å². The quantitative estimate of drug-likeness (QED) is 0.146. The first-order valence-corrected chi connectivity index (χ1v) is 13.0. The predicted molar refractivity (Wildman–Crippen MR) is 149 cm³/mol. The maximum Gasteiger partial charge on any atom is 0.309 e. The van der Waals surface area contributed by atoms with Crippen LogP contribution in [-0.2, 0) is 6.54 Å². The number of para-hydroxylation sites is 2. The van der Waals surface area contributed by atoms with Crippen LogP contribution < -0.4 is 22.4 Å². The van der Waals surface area contributed by atoms with Gasteiger partial charge in [-0.2, -0.15) is 5.10 Å².